The average molecular weight is 248 g/mol. The Morgan fingerprint density at radius 1 is 1.18 bits per heavy atom. The van der Waals surface area contributed by atoms with Crippen molar-refractivity contribution in [2.24, 2.45) is 0 Å². The molecule has 0 aliphatic heterocycles. The van der Waals surface area contributed by atoms with Crippen molar-refractivity contribution in [3.8, 4) is 10.4 Å². The van der Waals surface area contributed by atoms with Gasteiger partial charge in [0.05, 0.1) is 4.88 Å². The second-order valence-corrected chi connectivity index (χ2v) is 5.19. The number of hydrogen-bond donors (Lipinski definition) is 0. The van der Waals surface area contributed by atoms with Gasteiger partial charge in [-0.3, -0.25) is 4.79 Å². The van der Waals surface area contributed by atoms with E-state index in [2.05, 4.69) is 0 Å². The fourth-order valence-electron chi connectivity index (χ4n) is 1.76. The number of thiophene rings is 1. The van der Waals surface area contributed by atoms with Gasteiger partial charge in [-0.1, -0.05) is 6.07 Å². The van der Waals surface area contributed by atoms with E-state index < -0.39 is 0 Å². The zero-order chi connectivity index (χ0) is 12.6. The molecule has 2 aromatic rings. The maximum Gasteiger partial charge on any atom is 0.169 e. The van der Waals surface area contributed by atoms with E-state index in [0.717, 1.165) is 26.4 Å². The second kappa shape index (κ2) is 4.41. The van der Waals surface area contributed by atoms with Crippen LogP contribution >= 0.6 is 11.3 Å². The van der Waals surface area contributed by atoms with Gasteiger partial charge in [0.2, 0.25) is 0 Å². The molecule has 17 heavy (non-hydrogen) atoms. The molecule has 0 aliphatic rings. The molecule has 0 atom stereocenters. The van der Waals surface area contributed by atoms with Crippen molar-refractivity contribution in [1.29, 1.82) is 0 Å². The zero-order valence-corrected chi connectivity index (χ0v) is 10.8. The Bertz CT molecular complexity index is 584. The van der Waals surface area contributed by atoms with Crippen LogP contribution in [-0.2, 0) is 0 Å². The topological polar surface area (TPSA) is 17.1 Å². The third-order valence-corrected chi connectivity index (χ3v) is 4.08. The first kappa shape index (κ1) is 12.0. The van der Waals surface area contributed by atoms with Crippen LogP contribution in [0.1, 0.15) is 27.7 Å². The quantitative estimate of drug-likeness (QED) is 0.721. The van der Waals surface area contributed by atoms with Gasteiger partial charge in [0.1, 0.15) is 5.82 Å². The Hall–Kier alpha value is -1.48. The highest BCUT2D eigenvalue weighted by Gasteiger charge is 2.12. The molecule has 0 spiro atoms. The maximum atomic E-state index is 13.3. The molecule has 0 unspecified atom stereocenters. The highest BCUT2D eigenvalue weighted by molar-refractivity contribution is 7.17. The number of rotatable bonds is 2. The molecule has 3 heteroatoms. The van der Waals surface area contributed by atoms with E-state index >= 15 is 0 Å². The fraction of sp³-hybridized carbons (Fsp3) is 0.214. The lowest BCUT2D eigenvalue weighted by Gasteiger charge is -2.04. The van der Waals surface area contributed by atoms with E-state index in [1.807, 2.05) is 19.9 Å². The van der Waals surface area contributed by atoms with E-state index in [1.54, 1.807) is 13.0 Å². The smallest absolute Gasteiger partial charge is 0.169 e. The lowest BCUT2D eigenvalue weighted by molar-refractivity contribution is 0.102. The number of hydrogen-bond acceptors (Lipinski definition) is 2. The largest absolute Gasteiger partial charge is 0.294 e. The van der Waals surface area contributed by atoms with Gasteiger partial charge < -0.3 is 0 Å². The Morgan fingerprint density at radius 3 is 2.47 bits per heavy atom. The normalized spacial score (nSPS) is 10.6. The standard InChI is InChI=1S/C14H13FOS/c1-8-4-5-11(15)7-12(8)14-9(2)6-13(17-14)10(3)16/h4-7H,1-3H3. The molecule has 0 fully saturated rings. The maximum absolute atomic E-state index is 13.3. The predicted molar refractivity (Wildman–Crippen MR) is 69.2 cm³/mol. The summed E-state index contributed by atoms with van der Waals surface area (Å²) < 4.78 is 13.3. The molecule has 1 heterocycles. The average Bonchev–Trinajstić information content (AvgIpc) is 2.64. The van der Waals surface area contributed by atoms with E-state index in [-0.39, 0.29) is 11.6 Å². The molecule has 0 N–H and O–H groups in total. The highest BCUT2D eigenvalue weighted by atomic mass is 32.1. The predicted octanol–water partition coefficient (Wildman–Crippen LogP) is 4.37. The minimum Gasteiger partial charge on any atom is -0.294 e. The van der Waals surface area contributed by atoms with Gasteiger partial charge in [-0.2, -0.15) is 0 Å². The van der Waals surface area contributed by atoms with Crippen molar-refractivity contribution in [2.45, 2.75) is 20.8 Å². The first-order chi connectivity index (χ1) is 7.99. The van der Waals surface area contributed by atoms with Crippen LogP contribution in [0, 0.1) is 19.7 Å². The summed E-state index contributed by atoms with van der Waals surface area (Å²) in [5.41, 5.74) is 2.92. The third kappa shape index (κ3) is 2.29. The van der Waals surface area contributed by atoms with Crippen molar-refractivity contribution in [1.82, 2.24) is 0 Å². The van der Waals surface area contributed by atoms with Gasteiger partial charge in [0.15, 0.2) is 5.78 Å². The fourth-order valence-corrected chi connectivity index (χ4v) is 2.91. The molecule has 0 aliphatic carbocycles. The number of carbonyl (C=O) groups excluding carboxylic acids is 1. The summed E-state index contributed by atoms with van der Waals surface area (Å²) in [5.74, 6) is -0.193. The van der Waals surface area contributed by atoms with Gasteiger partial charge in [-0.25, -0.2) is 4.39 Å². The van der Waals surface area contributed by atoms with E-state index in [9.17, 15) is 9.18 Å². The van der Waals surface area contributed by atoms with Crippen LogP contribution in [0.25, 0.3) is 10.4 Å². The van der Waals surface area contributed by atoms with Crippen LogP contribution < -0.4 is 0 Å². The van der Waals surface area contributed by atoms with Crippen LogP contribution in [-0.4, -0.2) is 5.78 Å². The summed E-state index contributed by atoms with van der Waals surface area (Å²) in [5, 5.41) is 0. The molecular formula is C14H13FOS. The first-order valence-electron chi connectivity index (χ1n) is 5.37. The van der Waals surface area contributed by atoms with E-state index in [4.69, 9.17) is 0 Å². The molecule has 1 nitrogen and oxygen atoms in total. The van der Waals surface area contributed by atoms with E-state index in [1.165, 1.54) is 23.5 Å². The van der Waals surface area contributed by atoms with Crippen molar-refractivity contribution in [3.05, 3.63) is 46.1 Å². The summed E-state index contributed by atoms with van der Waals surface area (Å²) >= 11 is 1.43. The van der Waals surface area contributed by atoms with Gasteiger partial charge in [0.25, 0.3) is 0 Å². The van der Waals surface area contributed by atoms with Crippen molar-refractivity contribution in [3.63, 3.8) is 0 Å². The van der Waals surface area contributed by atoms with E-state index in [0.29, 0.717) is 0 Å². The van der Waals surface area contributed by atoms with Gasteiger partial charge >= 0.3 is 0 Å². The summed E-state index contributed by atoms with van der Waals surface area (Å²) in [7, 11) is 0. The summed E-state index contributed by atoms with van der Waals surface area (Å²) in [6.45, 7) is 5.44. The zero-order valence-electron chi connectivity index (χ0n) is 10.0. The number of Topliss-reactive ketones (excluding diaryl/α,β-unsaturated/α-hetero) is 1. The van der Waals surface area contributed by atoms with Gasteiger partial charge in [-0.05, 0) is 55.7 Å². The van der Waals surface area contributed by atoms with Gasteiger partial charge in [-0.15, -0.1) is 11.3 Å². The van der Waals surface area contributed by atoms with Crippen LogP contribution in [0.5, 0.6) is 0 Å². The molecule has 0 bridgehead atoms. The molecule has 0 saturated heterocycles. The Balaban J connectivity index is 2.60. The molecule has 1 aromatic carbocycles. The number of carbonyl (C=O) groups is 1. The first-order valence-corrected chi connectivity index (χ1v) is 6.18. The van der Waals surface area contributed by atoms with Crippen LogP contribution in [0.3, 0.4) is 0 Å². The molecule has 0 amide bonds. The van der Waals surface area contributed by atoms with Crippen molar-refractivity contribution in [2.75, 3.05) is 0 Å². The number of halogens is 1. The van der Waals surface area contributed by atoms with Gasteiger partial charge in [0, 0.05) is 4.88 Å². The monoisotopic (exact) mass is 248 g/mol. The molecule has 0 radical (unpaired) electrons. The summed E-state index contributed by atoms with van der Waals surface area (Å²) in [6.07, 6.45) is 0. The minimum absolute atomic E-state index is 0.0541. The van der Waals surface area contributed by atoms with Crippen molar-refractivity contribution >= 4 is 17.1 Å². The Labute approximate surface area is 104 Å². The third-order valence-electron chi connectivity index (χ3n) is 2.71. The summed E-state index contributed by atoms with van der Waals surface area (Å²) in [4.78, 5) is 13.0. The lowest BCUT2D eigenvalue weighted by Crippen LogP contribution is -1.84. The second-order valence-electron chi connectivity index (χ2n) is 4.14. The van der Waals surface area contributed by atoms with Crippen LogP contribution in [0.4, 0.5) is 4.39 Å². The van der Waals surface area contributed by atoms with Crippen molar-refractivity contribution < 1.29 is 9.18 Å². The summed E-state index contributed by atoms with van der Waals surface area (Å²) in [6, 6.07) is 6.61. The SMILES string of the molecule is CC(=O)c1cc(C)c(-c2cc(F)ccc2C)s1. The lowest BCUT2D eigenvalue weighted by atomic mass is 10.0. The molecule has 88 valence electrons. The number of benzene rings is 1. The molecule has 0 saturated carbocycles. The Morgan fingerprint density at radius 2 is 1.88 bits per heavy atom. The molecule has 2 rings (SSSR count). The Kier molecular flexibility index (Phi) is 3.11. The van der Waals surface area contributed by atoms with Crippen LogP contribution in [0.15, 0.2) is 24.3 Å². The van der Waals surface area contributed by atoms with Crippen LogP contribution in [0.2, 0.25) is 0 Å². The number of aryl methyl sites for hydroxylation is 2. The minimum atomic E-state index is -0.247. The number of ketones is 1. The molecular weight excluding hydrogens is 235 g/mol. The highest BCUT2D eigenvalue weighted by Crippen LogP contribution is 2.34. The molecule has 1 aromatic heterocycles.